The van der Waals surface area contributed by atoms with Crippen molar-refractivity contribution in [2.75, 3.05) is 0 Å². The second-order valence-corrected chi connectivity index (χ2v) is 6.30. The normalized spacial score (nSPS) is 10.7. The fourth-order valence-corrected chi connectivity index (χ4v) is 3.01. The molecule has 0 saturated carbocycles. The monoisotopic (exact) mass is 362 g/mol. The summed E-state index contributed by atoms with van der Waals surface area (Å²) < 4.78 is 16.8. The molecule has 0 saturated heterocycles. The van der Waals surface area contributed by atoms with Gasteiger partial charge in [-0.3, -0.25) is 4.57 Å². The summed E-state index contributed by atoms with van der Waals surface area (Å²) >= 11 is 0. The van der Waals surface area contributed by atoms with Crippen LogP contribution >= 0.6 is 0 Å². The standard InChI is InChI=1S/C22H21FN2.C2H6/c1-5-19-20(6-2)25(16-12-8-7-9-13-16)21(24-19)17-14-10-11-15-18(17)22(3,4)23;1-2/h5-15H,1-2H2,3-4H3;1-2H3. The molecule has 0 N–H and O–H groups in total. The highest BCUT2D eigenvalue weighted by molar-refractivity contribution is 5.72. The van der Waals surface area contributed by atoms with Crippen LogP contribution in [0.1, 0.15) is 44.6 Å². The summed E-state index contributed by atoms with van der Waals surface area (Å²) in [5.74, 6) is 0.678. The predicted octanol–water partition coefficient (Wildman–Crippen LogP) is 7.06. The van der Waals surface area contributed by atoms with Gasteiger partial charge in [0.15, 0.2) is 0 Å². The minimum Gasteiger partial charge on any atom is -0.292 e. The van der Waals surface area contributed by atoms with E-state index < -0.39 is 5.67 Å². The van der Waals surface area contributed by atoms with E-state index in [1.165, 1.54) is 0 Å². The van der Waals surface area contributed by atoms with Crippen molar-refractivity contribution in [1.29, 1.82) is 0 Å². The van der Waals surface area contributed by atoms with Crippen molar-refractivity contribution in [3.05, 3.63) is 84.7 Å². The highest BCUT2D eigenvalue weighted by Crippen LogP contribution is 2.36. The Morgan fingerprint density at radius 3 is 2.07 bits per heavy atom. The third kappa shape index (κ3) is 4.08. The first kappa shape index (κ1) is 20.4. The number of imidazole rings is 1. The van der Waals surface area contributed by atoms with E-state index in [1.54, 1.807) is 32.1 Å². The predicted molar refractivity (Wildman–Crippen MR) is 115 cm³/mol. The largest absolute Gasteiger partial charge is 0.292 e. The molecule has 0 aliphatic rings. The Labute approximate surface area is 161 Å². The number of rotatable bonds is 5. The van der Waals surface area contributed by atoms with Gasteiger partial charge in [0.05, 0.1) is 11.4 Å². The lowest BCUT2D eigenvalue weighted by atomic mass is 9.94. The molecule has 140 valence electrons. The second kappa shape index (κ2) is 8.63. The van der Waals surface area contributed by atoms with Crippen LogP contribution in [-0.2, 0) is 5.67 Å². The lowest BCUT2D eigenvalue weighted by molar-refractivity contribution is 0.222. The topological polar surface area (TPSA) is 17.8 Å². The molecule has 0 radical (unpaired) electrons. The molecule has 3 rings (SSSR count). The summed E-state index contributed by atoms with van der Waals surface area (Å²) in [6, 6.07) is 17.3. The molecule has 27 heavy (non-hydrogen) atoms. The summed E-state index contributed by atoms with van der Waals surface area (Å²) in [6.07, 6.45) is 3.45. The average Bonchev–Trinajstić information content (AvgIpc) is 3.08. The van der Waals surface area contributed by atoms with Crippen molar-refractivity contribution in [1.82, 2.24) is 9.55 Å². The molecule has 0 amide bonds. The van der Waals surface area contributed by atoms with Crippen molar-refractivity contribution in [2.24, 2.45) is 0 Å². The maximum absolute atomic E-state index is 14.8. The Morgan fingerprint density at radius 1 is 0.926 bits per heavy atom. The number of alkyl halides is 1. The Balaban J connectivity index is 0.00000126. The van der Waals surface area contributed by atoms with Crippen molar-refractivity contribution >= 4 is 12.2 Å². The van der Waals surface area contributed by atoms with E-state index in [-0.39, 0.29) is 0 Å². The van der Waals surface area contributed by atoms with E-state index in [9.17, 15) is 4.39 Å². The minimum atomic E-state index is -1.48. The zero-order valence-corrected chi connectivity index (χ0v) is 16.5. The first-order valence-corrected chi connectivity index (χ1v) is 9.19. The summed E-state index contributed by atoms with van der Waals surface area (Å²) in [5.41, 5.74) is 2.38. The smallest absolute Gasteiger partial charge is 0.146 e. The Morgan fingerprint density at radius 2 is 1.52 bits per heavy atom. The fraction of sp³-hybridized carbons (Fsp3) is 0.208. The maximum Gasteiger partial charge on any atom is 0.146 e. The number of para-hydroxylation sites is 1. The van der Waals surface area contributed by atoms with Crippen LogP contribution in [0.5, 0.6) is 0 Å². The van der Waals surface area contributed by atoms with Gasteiger partial charge in [0.2, 0.25) is 0 Å². The molecule has 0 aliphatic carbocycles. The Hall–Kier alpha value is -2.94. The van der Waals surface area contributed by atoms with Gasteiger partial charge in [-0.05, 0) is 43.7 Å². The third-order valence-corrected chi connectivity index (χ3v) is 4.15. The first-order chi connectivity index (χ1) is 13.0. The first-order valence-electron chi connectivity index (χ1n) is 9.19. The van der Waals surface area contributed by atoms with Crippen LogP contribution in [-0.4, -0.2) is 9.55 Å². The fourth-order valence-electron chi connectivity index (χ4n) is 3.01. The van der Waals surface area contributed by atoms with Gasteiger partial charge in [-0.25, -0.2) is 9.37 Å². The van der Waals surface area contributed by atoms with Gasteiger partial charge in [0.1, 0.15) is 11.5 Å². The molecule has 3 heteroatoms. The van der Waals surface area contributed by atoms with Crippen LogP contribution in [0.2, 0.25) is 0 Å². The van der Waals surface area contributed by atoms with Crippen LogP contribution in [0, 0.1) is 0 Å². The van der Waals surface area contributed by atoms with Gasteiger partial charge in [-0.15, -0.1) is 0 Å². The SMILES string of the molecule is C=Cc1nc(-c2ccccc2C(C)(C)F)n(-c2ccccc2)c1C=C.CC. The van der Waals surface area contributed by atoms with Gasteiger partial charge < -0.3 is 0 Å². The Bertz CT molecular complexity index is 915. The molecule has 0 unspecified atom stereocenters. The minimum absolute atomic E-state index is 0.600. The molecule has 1 aromatic heterocycles. The number of benzene rings is 2. The number of halogens is 1. The summed E-state index contributed by atoms with van der Waals surface area (Å²) in [6.45, 7) is 14.9. The van der Waals surface area contributed by atoms with E-state index in [0.717, 1.165) is 22.6 Å². The zero-order valence-electron chi connectivity index (χ0n) is 16.5. The molecular weight excluding hydrogens is 335 g/mol. The van der Waals surface area contributed by atoms with Crippen LogP contribution < -0.4 is 0 Å². The molecule has 2 aromatic carbocycles. The molecule has 0 fully saturated rings. The van der Waals surface area contributed by atoms with E-state index in [2.05, 4.69) is 13.2 Å². The number of aromatic nitrogens is 2. The van der Waals surface area contributed by atoms with Crippen LogP contribution in [0.4, 0.5) is 4.39 Å². The molecule has 0 bridgehead atoms. The lowest BCUT2D eigenvalue weighted by Gasteiger charge is -2.20. The average molecular weight is 362 g/mol. The Kier molecular flexibility index (Phi) is 6.51. The molecule has 0 spiro atoms. The number of nitrogens with zero attached hydrogens (tertiary/aromatic N) is 2. The van der Waals surface area contributed by atoms with E-state index >= 15 is 0 Å². The highest BCUT2D eigenvalue weighted by Gasteiger charge is 2.26. The second-order valence-electron chi connectivity index (χ2n) is 6.30. The molecule has 1 heterocycles. The lowest BCUT2D eigenvalue weighted by Crippen LogP contribution is -2.12. The third-order valence-electron chi connectivity index (χ3n) is 4.15. The van der Waals surface area contributed by atoms with Gasteiger partial charge in [0.25, 0.3) is 0 Å². The van der Waals surface area contributed by atoms with Crippen molar-refractivity contribution in [2.45, 2.75) is 33.4 Å². The summed E-state index contributed by atoms with van der Waals surface area (Å²) in [7, 11) is 0. The van der Waals surface area contributed by atoms with Gasteiger partial charge in [-0.2, -0.15) is 0 Å². The quantitative estimate of drug-likeness (QED) is 0.475. The van der Waals surface area contributed by atoms with Gasteiger partial charge >= 0.3 is 0 Å². The van der Waals surface area contributed by atoms with Crippen LogP contribution in [0.3, 0.4) is 0 Å². The molecule has 2 nitrogen and oxygen atoms in total. The number of hydrogen-bond acceptors (Lipinski definition) is 1. The van der Waals surface area contributed by atoms with E-state index in [1.807, 2.05) is 66.9 Å². The molecule has 3 aromatic rings. The van der Waals surface area contributed by atoms with Crippen molar-refractivity contribution in [3.8, 4) is 17.1 Å². The van der Waals surface area contributed by atoms with Crippen LogP contribution in [0.25, 0.3) is 29.2 Å². The summed E-state index contributed by atoms with van der Waals surface area (Å²) in [5, 5.41) is 0. The maximum atomic E-state index is 14.8. The van der Waals surface area contributed by atoms with E-state index in [4.69, 9.17) is 4.98 Å². The van der Waals surface area contributed by atoms with Gasteiger partial charge in [0, 0.05) is 11.3 Å². The van der Waals surface area contributed by atoms with Gasteiger partial charge in [-0.1, -0.05) is 69.5 Å². The summed E-state index contributed by atoms with van der Waals surface area (Å²) in [4.78, 5) is 4.73. The zero-order chi connectivity index (χ0) is 20.0. The highest BCUT2D eigenvalue weighted by atomic mass is 19.1. The van der Waals surface area contributed by atoms with Crippen molar-refractivity contribution in [3.63, 3.8) is 0 Å². The molecule has 0 atom stereocenters. The van der Waals surface area contributed by atoms with Crippen LogP contribution in [0.15, 0.2) is 67.8 Å². The number of hydrogen-bond donors (Lipinski definition) is 0. The van der Waals surface area contributed by atoms with Crippen molar-refractivity contribution < 1.29 is 4.39 Å². The van der Waals surface area contributed by atoms with E-state index in [0.29, 0.717) is 11.4 Å². The molecular formula is C24H27FN2. The molecule has 0 aliphatic heterocycles.